The van der Waals surface area contributed by atoms with Crippen molar-refractivity contribution in [3.63, 3.8) is 0 Å². The highest BCUT2D eigenvalue weighted by Crippen LogP contribution is 2.07. The lowest BCUT2D eigenvalue weighted by molar-refractivity contribution is -0.122. The first-order valence-electron chi connectivity index (χ1n) is 7.10. The molecule has 19 heavy (non-hydrogen) atoms. The maximum Gasteiger partial charge on any atom is 0.222 e. The van der Waals surface area contributed by atoms with E-state index >= 15 is 0 Å². The highest BCUT2D eigenvalue weighted by molar-refractivity contribution is 5.75. The predicted molar refractivity (Wildman–Crippen MR) is 72.0 cm³/mol. The summed E-state index contributed by atoms with van der Waals surface area (Å²) in [4.78, 5) is 11.5. The molecule has 0 unspecified atom stereocenters. The summed E-state index contributed by atoms with van der Waals surface area (Å²) >= 11 is 0. The standard InChI is InChI=1S/C13H26N2O4/c16-8-11-18-9-1-5-15-13(17)4-10-19-12-2-6-14-7-3-12/h12,14,16H,1-11H2,(H,15,17). The second kappa shape index (κ2) is 11.2. The van der Waals surface area contributed by atoms with Crippen LogP contribution < -0.4 is 10.6 Å². The quantitative estimate of drug-likeness (QED) is 0.475. The summed E-state index contributed by atoms with van der Waals surface area (Å²) < 4.78 is 10.8. The molecule has 0 radical (unpaired) electrons. The zero-order valence-electron chi connectivity index (χ0n) is 11.5. The lowest BCUT2D eigenvalue weighted by Crippen LogP contribution is -2.33. The molecule has 0 aromatic heterocycles. The van der Waals surface area contributed by atoms with Crippen molar-refractivity contribution in [1.82, 2.24) is 10.6 Å². The Morgan fingerprint density at radius 2 is 2.05 bits per heavy atom. The molecular formula is C13H26N2O4. The van der Waals surface area contributed by atoms with Gasteiger partial charge in [0.15, 0.2) is 0 Å². The second-order valence-electron chi connectivity index (χ2n) is 4.61. The van der Waals surface area contributed by atoms with Crippen LogP contribution in [0.1, 0.15) is 25.7 Å². The molecule has 0 spiro atoms. The van der Waals surface area contributed by atoms with Gasteiger partial charge in [0.1, 0.15) is 0 Å². The molecule has 0 aliphatic carbocycles. The van der Waals surface area contributed by atoms with E-state index in [2.05, 4.69) is 10.6 Å². The van der Waals surface area contributed by atoms with Crippen molar-refractivity contribution in [2.45, 2.75) is 31.8 Å². The largest absolute Gasteiger partial charge is 0.394 e. The Balaban J connectivity index is 1.87. The number of nitrogens with one attached hydrogen (secondary N) is 2. The fourth-order valence-electron chi connectivity index (χ4n) is 1.94. The smallest absolute Gasteiger partial charge is 0.222 e. The first-order valence-corrected chi connectivity index (χ1v) is 7.10. The molecule has 1 saturated heterocycles. The number of piperidine rings is 1. The van der Waals surface area contributed by atoms with Gasteiger partial charge < -0.3 is 25.2 Å². The zero-order chi connectivity index (χ0) is 13.8. The average Bonchev–Trinajstić information content (AvgIpc) is 2.44. The number of ether oxygens (including phenoxy) is 2. The van der Waals surface area contributed by atoms with Gasteiger partial charge in [-0.05, 0) is 32.4 Å². The molecule has 6 nitrogen and oxygen atoms in total. The van der Waals surface area contributed by atoms with Gasteiger partial charge in [-0.3, -0.25) is 4.79 Å². The van der Waals surface area contributed by atoms with Gasteiger partial charge in [0.2, 0.25) is 5.91 Å². The fourth-order valence-corrected chi connectivity index (χ4v) is 1.94. The lowest BCUT2D eigenvalue weighted by Gasteiger charge is -2.22. The molecule has 0 bridgehead atoms. The highest BCUT2D eigenvalue weighted by Gasteiger charge is 2.13. The van der Waals surface area contributed by atoms with Gasteiger partial charge in [0.25, 0.3) is 0 Å². The Morgan fingerprint density at radius 3 is 2.79 bits per heavy atom. The summed E-state index contributed by atoms with van der Waals surface area (Å²) in [5.41, 5.74) is 0. The molecular weight excluding hydrogens is 248 g/mol. The third-order valence-electron chi connectivity index (χ3n) is 2.99. The van der Waals surface area contributed by atoms with Gasteiger partial charge in [0, 0.05) is 19.6 Å². The Morgan fingerprint density at radius 1 is 1.26 bits per heavy atom. The van der Waals surface area contributed by atoms with Gasteiger partial charge in [0.05, 0.1) is 25.9 Å². The van der Waals surface area contributed by atoms with Crippen molar-refractivity contribution in [1.29, 1.82) is 0 Å². The Bertz CT molecular complexity index is 233. The van der Waals surface area contributed by atoms with Crippen molar-refractivity contribution < 1.29 is 19.4 Å². The van der Waals surface area contributed by atoms with Crippen molar-refractivity contribution in [2.24, 2.45) is 0 Å². The highest BCUT2D eigenvalue weighted by atomic mass is 16.5. The fraction of sp³-hybridized carbons (Fsp3) is 0.923. The van der Waals surface area contributed by atoms with E-state index < -0.39 is 0 Å². The van der Waals surface area contributed by atoms with Gasteiger partial charge in [-0.1, -0.05) is 0 Å². The molecule has 3 N–H and O–H groups in total. The topological polar surface area (TPSA) is 79.8 Å². The molecule has 1 fully saturated rings. The zero-order valence-corrected chi connectivity index (χ0v) is 11.5. The SMILES string of the molecule is O=C(CCOC1CCNCC1)NCCCOCCO. The van der Waals surface area contributed by atoms with Crippen molar-refractivity contribution in [2.75, 3.05) is 46.1 Å². The molecule has 0 saturated carbocycles. The van der Waals surface area contributed by atoms with E-state index in [0.29, 0.717) is 38.9 Å². The molecule has 1 aliphatic heterocycles. The first kappa shape index (κ1) is 16.4. The number of carbonyl (C=O) groups excluding carboxylic acids is 1. The van der Waals surface area contributed by atoms with Crippen LogP contribution in [0.15, 0.2) is 0 Å². The maximum absolute atomic E-state index is 11.5. The van der Waals surface area contributed by atoms with Crippen LogP contribution in [-0.4, -0.2) is 63.2 Å². The number of rotatable bonds is 10. The number of aliphatic hydroxyl groups excluding tert-OH is 1. The summed E-state index contributed by atoms with van der Waals surface area (Å²) in [5.74, 6) is 0.0242. The van der Waals surface area contributed by atoms with Gasteiger partial charge in [-0.25, -0.2) is 0 Å². The third kappa shape index (κ3) is 8.93. The van der Waals surface area contributed by atoms with Gasteiger partial charge in [-0.2, -0.15) is 0 Å². The molecule has 0 aromatic carbocycles. The maximum atomic E-state index is 11.5. The summed E-state index contributed by atoms with van der Waals surface area (Å²) in [6, 6.07) is 0. The first-order chi connectivity index (χ1) is 9.33. The average molecular weight is 274 g/mol. The molecule has 112 valence electrons. The number of hydrogen-bond acceptors (Lipinski definition) is 5. The monoisotopic (exact) mass is 274 g/mol. The molecule has 6 heteroatoms. The van der Waals surface area contributed by atoms with E-state index in [1.165, 1.54) is 0 Å². The van der Waals surface area contributed by atoms with Crippen LogP contribution in [0.5, 0.6) is 0 Å². The van der Waals surface area contributed by atoms with E-state index in [9.17, 15) is 4.79 Å². The van der Waals surface area contributed by atoms with Crippen LogP contribution in [0.3, 0.4) is 0 Å². The number of aliphatic hydroxyl groups is 1. The lowest BCUT2D eigenvalue weighted by atomic mass is 10.1. The molecule has 1 heterocycles. The molecule has 1 rings (SSSR count). The molecule has 1 aliphatic rings. The number of carbonyl (C=O) groups is 1. The van der Waals surface area contributed by atoms with E-state index in [-0.39, 0.29) is 12.5 Å². The van der Waals surface area contributed by atoms with Crippen molar-refractivity contribution in [3.8, 4) is 0 Å². The van der Waals surface area contributed by atoms with E-state index in [0.717, 1.165) is 32.4 Å². The Labute approximate surface area is 114 Å². The predicted octanol–water partition coefficient (Wildman–Crippen LogP) is -0.340. The van der Waals surface area contributed by atoms with Crippen molar-refractivity contribution in [3.05, 3.63) is 0 Å². The van der Waals surface area contributed by atoms with Crippen LogP contribution in [0.4, 0.5) is 0 Å². The van der Waals surface area contributed by atoms with Gasteiger partial charge in [-0.15, -0.1) is 0 Å². The molecule has 1 amide bonds. The number of amides is 1. The van der Waals surface area contributed by atoms with Crippen LogP contribution >= 0.6 is 0 Å². The van der Waals surface area contributed by atoms with Crippen molar-refractivity contribution >= 4 is 5.91 Å². The summed E-state index contributed by atoms with van der Waals surface area (Å²) in [7, 11) is 0. The summed E-state index contributed by atoms with van der Waals surface area (Å²) in [6.45, 7) is 4.08. The van der Waals surface area contributed by atoms with Crippen LogP contribution in [0.25, 0.3) is 0 Å². The van der Waals surface area contributed by atoms with Crippen LogP contribution in [-0.2, 0) is 14.3 Å². The normalized spacial score (nSPS) is 16.5. The van der Waals surface area contributed by atoms with E-state index in [4.69, 9.17) is 14.6 Å². The minimum absolute atomic E-state index is 0.0242. The number of hydrogen-bond donors (Lipinski definition) is 3. The van der Waals surface area contributed by atoms with E-state index in [1.807, 2.05) is 0 Å². The van der Waals surface area contributed by atoms with Crippen LogP contribution in [0.2, 0.25) is 0 Å². The van der Waals surface area contributed by atoms with Gasteiger partial charge >= 0.3 is 0 Å². The molecule has 0 aromatic rings. The van der Waals surface area contributed by atoms with E-state index in [1.54, 1.807) is 0 Å². The minimum atomic E-state index is 0.0242. The Hall–Kier alpha value is -0.690. The molecule has 0 atom stereocenters. The second-order valence-corrected chi connectivity index (χ2v) is 4.61. The third-order valence-corrected chi connectivity index (χ3v) is 2.99. The minimum Gasteiger partial charge on any atom is -0.394 e. The summed E-state index contributed by atoms with van der Waals surface area (Å²) in [6.07, 6.45) is 3.55. The summed E-state index contributed by atoms with van der Waals surface area (Å²) in [5, 5.41) is 14.6. The Kier molecular flexibility index (Phi) is 9.61. The van der Waals surface area contributed by atoms with Crippen LogP contribution in [0, 0.1) is 0 Å².